The lowest BCUT2D eigenvalue weighted by Gasteiger charge is -2.08. The Morgan fingerprint density at radius 3 is 2.52 bits per heavy atom. The predicted molar refractivity (Wildman–Crippen MR) is 93.2 cm³/mol. The standard InChI is InChI=1S/C17H15BrO6S/c18-14-9-16-15(23-11-24-16)8-12(14)10-22-17(19)6-7-25(20,21)13-4-2-1-3-5-13/h1-5,8-9H,6-7,10-11H2. The third-order valence-corrected chi connectivity index (χ3v) is 6.08. The molecule has 8 heteroatoms. The van der Waals surface area contributed by atoms with Crippen molar-refractivity contribution >= 4 is 31.7 Å². The van der Waals surface area contributed by atoms with E-state index in [-0.39, 0.29) is 30.5 Å². The molecule has 1 aliphatic heterocycles. The minimum atomic E-state index is -3.50. The molecule has 132 valence electrons. The first-order chi connectivity index (χ1) is 12.0. The van der Waals surface area contributed by atoms with E-state index < -0.39 is 15.8 Å². The molecule has 1 heterocycles. The number of rotatable bonds is 6. The van der Waals surface area contributed by atoms with Crippen molar-refractivity contribution in [2.24, 2.45) is 0 Å². The monoisotopic (exact) mass is 426 g/mol. The Hall–Kier alpha value is -2.06. The molecular formula is C17H15BrO6S. The van der Waals surface area contributed by atoms with Crippen LogP contribution in [0.15, 0.2) is 51.8 Å². The number of hydrogen-bond donors (Lipinski definition) is 0. The molecule has 0 saturated carbocycles. The number of sulfone groups is 1. The van der Waals surface area contributed by atoms with Crippen LogP contribution in [0.5, 0.6) is 11.5 Å². The highest BCUT2D eigenvalue weighted by Crippen LogP contribution is 2.37. The zero-order valence-electron chi connectivity index (χ0n) is 13.1. The minimum Gasteiger partial charge on any atom is -0.461 e. The predicted octanol–water partition coefficient (Wildman–Crippen LogP) is 3.09. The second-order valence-corrected chi connectivity index (χ2v) is 8.30. The SMILES string of the molecule is O=C(CCS(=O)(=O)c1ccccc1)OCc1cc2c(cc1Br)OCO2. The van der Waals surface area contributed by atoms with Gasteiger partial charge < -0.3 is 14.2 Å². The van der Waals surface area contributed by atoms with E-state index in [1.807, 2.05) is 0 Å². The molecule has 25 heavy (non-hydrogen) atoms. The number of esters is 1. The summed E-state index contributed by atoms with van der Waals surface area (Å²) in [5.74, 6) is 0.332. The van der Waals surface area contributed by atoms with Gasteiger partial charge in [-0.2, -0.15) is 0 Å². The van der Waals surface area contributed by atoms with Crippen LogP contribution in [-0.4, -0.2) is 26.9 Å². The Morgan fingerprint density at radius 1 is 1.12 bits per heavy atom. The van der Waals surface area contributed by atoms with Crippen molar-refractivity contribution in [2.75, 3.05) is 12.5 Å². The zero-order valence-corrected chi connectivity index (χ0v) is 15.5. The van der Waals surface area contributed by atoms with E-state index in [9.17, 15) is 13.2 Å². The van der Waals surface area contributed by atoms with Crippen molar-refractivity contribution in [1.82, 2.24) is 0 Å². The first-order valence-corrected chi connectivity index (χ1v) is 9.92. The van der Waals surface area contributed by atoms with Crippen molar-refractivity contribution < 1.29 is 27.4 Å². The van der Waals surface area contributed by atoms with Gasteiger partial charge in [-0.25, -0.2) is 8.42 Å². The summed E-state index contributed by atoms with van der Waals surface area (Å²) in [6.45, 7) is 0.170. The Balaban J connectivity index is 1.55. The van der Waals surface area contributed by atoms with Crippen LogP contribution in [0.4, 0.5) is 0 Å². The second kappa shape index (κ2) is 7.45. The van der Waals surface area contributed by atoms with E-state index in [1.165, 1.54) is 12.1 Å². The molecule has 0 amide bonds. The molecule has 0 N–H and O–H groups in total. The summed E-state index contributed by atoms with van der Waals surface area (Å²) in [4.78, 5) is 12.1. The molecule has 0 aromatic heterocycles. The largest absolute Gasteiger partial charge is 0.461 e. The molecule has 0 aliphatic carbocycles. The summed E-state index contributed by atoms with van der Waals surface area (Å²) in [5, 5.41) is 0. The topological polar surface area (TPSA) is 78.9 Å². The van der Waals surface area contributed by atoms with E-state index in [2.05, 4.69) is 15.9 Å². The van der Waals surface area contributed by atoms with Gasteiger partial charge in [-0.1, -0.05) is 34.1 Å². The Bertz CT molecular complexity index is 880. The fourth-order valence-corrected chi connectivity index (χ4v) is 3.94. The molecule has 2 aromatic carbocycles. The van der Waals surface area contributed by atoms with Crippen molar-refractivity contribution in [3.05, 3.63) is 52.5 Å². The minimum absolute atomic E-state index is 0.0153. The molecule has 0 spiro atoms. The summed E-state index contributed by atoms with van der Waals surface area (Å²) < 4.78 is 40.7. The van der Waals surface area contributed by atoms with E-state index in [0.717, 1.165) is 4.47 Å². The van der Waals surface area contributed by atoms with E-state index in [0.29, 0.717) is 17.1 Å². The molecule has 0 bridgehead atoms. The maximum atomic E-state index is 12.1. The molecule has 1 aliphatic rings. The van der Waals surface area contributed by atoms with Gasteiger partial charge in [0.1, 0.15) is 6.61 Å². The summed E-state index contributed by atoms with van der Waals surface area (Å²) in [6.07, 6.45) is -0.209. The number of halogens is 1. The lowest BCUT2D eigenvalue weighted by Crippen LogP contribution is -2.13. The van der Waals surface area contributed by atoms with Gasteiger partial charge in [0.05, 0.1) is 17.1 Å². The lowest BCUT2D eigenvalue weighted by molar-refractivity contribution is -0.144. The summed E-state index contributed by atoms with van der Waals surface area (Å²) in [7, 11) is -3.50. The van der Waals surface area contributed by atoms with Gasteiger partial charge >= 0.3 is 5.97 Å². The maximum Gasteiger partial charge on any atom is 0.307 e. The fraction of sp³-hybridized carbons (Fsp3) is 0.235. The summed E-state index contributed by atoms with van der Waals surface area (Å²) in [5.41, 5.74) is 0.712. The molecule has 2 aromatic rings. The molecule has 6 nitrogen and oxygen atoms in total. The molecular weight excluding hydrogens is 412 g/mol. The molecule has 0 atom stereocenters. The van der Waals surface area contributed by atoms with Crippen LogP contribution in [0.3, 0.4) is 0 Å². The third kappa shape index (κ3) is 4.32. The van der Waals surface area contributed by atoms with Gasteiger partial charge in [0.2, 0.25) is 6.79 Å². The van der Waals surface area contributed by atoms with Crippen LogP contribution < -0.4 is 9.47 Å². The number of benzene rings is 2. The Labute approximate surface area is 153 Å². The van der Waals surface area contributed by atoms with Gasteiger partial charge in [0.25, 0.3) is 0 Å². The van der Waals surface area contributed by atoms with Crippen LogP contribution >= 0.6 is 15.9 Å². The second-order valence-electron chi connectivity index (χ2n) is 5.34. The first kappa shape index (κ1) is 17.8. The van der Waals surface area contributed by atoms with Gasteiger partial charge in [0, 0.05) is 10.0 Å². The van der Waals surface area contributed by atoms with Crippen LogP contribution in [0, 0.1) is 0 Å². The van der Waals surface area contributed by atoms with Crippen LogP contribution in [0.25, 0.3) is 0 Å². The zero-order chi connectivity index (χ0) is 17.9. The number of hydrogen-bond acceptors (Lipinski definition) is 6. The van der Waals surface area contributed by atoms with E-state index >= 15 is 0 Å². The number of carbonyl (C=O) groups excluding carboxylic acids is 1. The average Bonchev–Trinajstić information content (AvgIpc) is 3.06. The highest BCUT2D eigenvalue weighted by molar-refractivity contribution is 9.10. The average molecular weight is 427 g/mol. The number of ether oxygens (including phenoxy) is 3. The Morgan fingerprint density at radius 2 is 1.80 bits per heavy atom. The van der Waals surface area contributed by atoms with E-state index in [4.69, 9.17) is 14.2 Å². The van der Waals surface area contributed by atoms with Crippen LogP contribution in [-0.2, 0) is 26.0 Å². The molecule has 0 saturated heterocycles. The molecule has 0 fully saturated rings. The fourth-order valence-electron chi connectivity index (χ4n) is 2.26. The quantitative estimate of drug-likeness (QED) is 0.660. The van der Waals surface area contributed by atoms with Gasteiger partial charge in [0.15, 0.2) is 21.3 Å². The maximum absolute atomic E-state index is 12.1. The first-order valence-electron chi connectivity index (χ1n) is 7.47. The Kier molecular flexibility index (Phi) is 5.29. The summed E-state index contributed by atoms with van der Waals surface area (Å²) >= 11 is 3.38. The summed E-state index contributed by atoms with van der Waals surface area (Å²) in [6, 6.07) is 11.5. The number of carbonyl (C=O) groups is 1. The van der Waals surface area contributed by atoms with Crippen molar-refractivity contribution in [3.63, 3.8) is 0 Å². The molecule has 0 radical (unpaired) electrons. The molecule has 3 rings (SSSR count). The van der Waals surface area contributed by atoms with Crippen molar-refractivity contribution in [2.45, 2.75) is 17.9 Å². The molecule has 0 unspecified atom stereocenters. The normalized spacial score (nSPS) is 12.8. The van der Waals surface area contributed by atoms with Crippen molar-refractivity contribution in [3.8, 4) is 11.5 Å². The van der Waals surface area contributed by atoms with Gasteiger partial charge in [-0.3, -0.25) is 4.79 Å². The van der Waals surface area contributed by atoms with Gasteiger partial charge in [-0.15, -0.1) is 0 Å². The number of fused-ring (bicyclic) bond motifs is 1. The lowest BCUT2D eigenvalue weighted by atomic mass is 10.2. The van der Waals surface area contributed by atoms with Gasteiger partial charge in [-0.05, 0) is 24.3 Å². The van der Waals surface area contributed by atoms with Crippen LogP contribution in [0.2, 0.25) is 0 Å². The highest BCUT2D eigenvalue weighted by atomic mass is 79.9. The highest BCUT2D eigenvalue weighted by Gasteiger charge is 2.19. The van der Waals surface area contributed by atoms with Crippen LogP contribution in [0.1, 0.15) is 12.0 Å². The third-order valence-electron chi connectivity index (χ3n) is 3.61. The smallest absolute Gasteiger partial charge is 0.307 e. The van der Waals surface area contributed by atoms with Crippen molar-refractivity contribution in [1.29, 1.82) is 0 Å². The van der Waals surface area contributed by atoms with E-state index in [1.54, 1.807) is 30.3 Å².